The molecular formula is C19H21N5O5S. The fraction of sp³-hybridized carbons (Fsp3) is 0.263. The van der Waals surface area contributed by atoms with Crippen molar-refractivity contribution in [3.05, 3.63) is 75.7 Å². The van der Waals surface area contributed by atoms with Crippen molar-refractivity contribution < 1.29 is 23.1 Å². The van der Waals surface area contributed by atoms with Gasteiger partial charge in [0.2, 0.25) is 10.0 Å². The molecule has 2 aromatic carbocycles. The van der Waals surface area contributed by atoms with E-state index < -0.39 is 27.9 Å². The number of amides is 1. The van der Waals surface area contributed by atoms with E-state index in [0.717, 1.165) is 5.56 Å². The predicted molar refractivity (Wildman–Crippen MR) is 109 cm³/mol. The molecule has 158 valence electrons. The Morgan fingerprint density at radius 1 is 1.13 bits per heavy atom. The van der Waals surface area contributed by atoms with Crippen molar-refractivity contribution in [2.24, 2.45) is 5.11 Å². The van der Waals surface area contributed by atoms with Gasteiger partial charge in [-0.15, -0.1) is 0 Å². The molecule has 2 rings (SSSR count). The van der Waals surface area contributed by atoms with Crippen molar-refractivity contribution >= 4 is 21.9 Å². The third-order valence-electron chi connectivity index (χ3n) is 4.14. The number of hydrogen-bond acceptors (Lipinski definition) is 5. The summed E-state index contributed by atoms with van der Waals surface area (Å²) in [5, 5.41) is 14.7. The summed E-state index contributed by atoms with van der Waals surface area (Å²) in [5.41, 5.74) is 10.2. The van der Waals surface area contributed by atoms with Gasteiger partial charge in [-0.3, -0.25) is 9.59 Å². The van der Waals surface area contributed by atoms with Crippen LogP contribution in [0.2, 0.25) is 0 Å². The zero-order valence-electron chi connectivity index (χ0n) is 16.1. The SMILES string of the molecule is Cc1ccc(S(=O)(=O)NCc2ccc(C(=O)N[C@H](CN=[N+]=[N-])CC(=O)O)cc2)cc1. The molecule has 0 spiro atoms. The first kappa shape index (κ1) is 22.9. The summed E-state index contributed by atoms with van der Waals surface area (Å²) in [6, 6.07) is 11.8. The largest absolute Gasteiger partial charge is 0.481 e. The molecule has 3 N–H and O–H groups in total. The Hall–Kier alpha value is -3.40. The van der Waals surface area contributed by atoms with Gasteiger partial charge in [-0.25, -0.2) is 13.1 Å². The number of nitrogens with zero attached hydrogens (tertiary/aromatic N) is 3. The summed E-state index contributed by atoms with van der Waals surface area (Å²) in [6.07, 6.45) is -0.385. The molecule has 0 saturated carbocycles. The van der Waals surface area contributed by atoms with Crippen LogP contribution in [0.15, 0.2) is 58.5 Å². The number of azide groups is 1. The fourth-order valence-electron chi connectivity index (χ4n) is 2.53. The highest BCUT2D eigenvalue weighted by Crippen LogP contribution is 2.11. The number of rotatable bonds is 10. The van der Waals surface area contributed by atoms with Gasteiger partial charge >= 0.3 is 5.97 Å². The fourth-order valence-corrected chi connectivity index (χ4v) is 3.55. The van der Waals surface area contributed by atoms with Crippen LogP contribution in [0.4, 0.5) is 0 Å². The first-order valence-corrected chi connectivity index (χ1v) is 10.4. The lowest BCUT2D eigenvalue weighted by Crippen LogP contribution is -2.38. The number of carbonyl (C=O) groups is 2. The van der Waals surface area contributed by atoms with Gasteiger partial charge in [-0.1, -0.05) is 34.9 Å². The minimum atomic E-state index is -3.66. The summed E-state index contributed by atoms with van der Waals surface area (Å²) in [4.78, 5) is 25.9. The molecule has 0 bridgehead atoms. The minimum Gasteiger partial charge on any atom is -0.481 e. The van der Waals surface area contributed by atoms with E-state index in [-0.39, 0.29) is 30.0 Å². The molecule has 0 aliphatic carbocycles. The number of carboxylic acid groups (broad SMARTS) is 1. The lowest BCUT2D eigenvalue weighted by Gasteiger charge is -2.14. The first-order valence-electron chi connectivity index (χ1n) is 8.90. The predicted octanol–water partition coefficient (Wildman–Crippen LogP) is 2.36. The Balaban J connectivity index is 1.99. The smallest absolute Gasteiger partial charge is 0.305 e. The molecular weight excluding hydrogens is 410 g/mol. The summed E-state index contributed by atoms with van der Waals surface area (Å²) >= 11 is 0. The molecule has 0 unspecified atom stereocenters. The summed E-state index contributed by atoms with van der Waals surface area (Å²) < 4.78 is 27.2. The Morgan fingerprint density at radius 3 is 2.33 bits per heavy atom. The molecule has 1 amide bonds. The Kier molecular flexibility index (Phi) is 7.93. The molecule has 0 radical (unpaired) electrons. The van der Waals surface area contributed by atoms with Crippen molar-refractivity contribution in [2.75, 3.05) is 6.54 Å². The third kappa shape index (κ3) is 6.89. The molecule has 0 aliphatic rings. The maximum atomic E-state index is 12.3. The molecule has 30 heavy (non-hydrogen) atoms. The van der Waals surface area contributed by atoms with Gasteiger partial charge in [0.1, 0.15) is 0 Å². The van der Waals surface area contributed by atoms with Crippen LogP contribution >= 0.6 is 0 Å². The van der Waals surface area contributed by atoms with Gasteiger partial charge in [0.15, 0.2) is 0 Å². The van der Waals surface area contributed by atoms with E-state index in [1.165, 1.54) is 24.3 Å². The maximum absolute atomic E-state index is 12.3. The molecule has 0 saturated heterocycles. The molecule has 0 aliphatic heterocycles. The minimum absolute atomic E-state index is 0.0383. The maximum Gasteiger partial charge on any atom is 0.305 e. The lowest BCUT2D eigenvalue weighted by molar-refractivity contribution is -0.137. The van der Waals surface area contributed by atoms with E-state index in [1.807, 2.05) is 6.92 Å². The van der Waals surface area contributed by atoms with Gasteiger partial charge < -0.3 is 10.4 Å². The molecule has 2 aromatic rings. The first-order chi connectivity index (χ1) is 14.2. The number of nitrogens with one attached hydrogen (secondary N) is 2. The average molecular weight is 431 g/mol. The highest BCUT2D eigenvalue weighted by molar-refractivity contribution is 7.89. The van der Waals surface area contributed by atoms with E-state index in [4.69, 9.17) is 10.6 Å². The lowest BCUT2D eigenvalue weighted by atomic mass is 10.1. The van der Waals surface area contributed by atoms with Crippen molar-refractivity contribution in [1.29, 1.82) is 0 Å². The van der Waals surface area contributed by atoms with Crippen LogP contribution in [-0.4, -0.2) is 38.0 Å². The number of benzene rings is 2. The number of carboxylic acids is 1. The zero-order chi connectivity index (χ0) is 22.1. The van der Waals surface area contributed by atoms with E-state index in [9.17, 15) is 18.0 Å². The number of carbonyl (C=O) groups excluding carboxylic acids is 1. The van der Waals surface area contributed by atoms with E-state index >= 15 is 0 Å². The zero-order valence-corrected chi connectivity index (χ0v) is 17.0. The van der Waals surface area contributed by atoms with Crippen molar-refractivity contribution in [3.63, 3.8) is 0 Å². The Bertz CT molecular complexity index is 1040. The number of sulfonamides is 1. The van der Waals surface area contributed by atoms with Crippen LogP contribution in [0.3, 0.4) is 0 Å². The van der Waals surface area contributed by atoms with Gasteiger partial charge in [0.05, 0.1) is 11.3 Å². The monoisotopic (exact) mass is 431 g/mol. The normalized spacial score (nSPS) is 11.9. The Morgan fingerprint density at radius 2 is 1.77 bits per heavy atom. The average Bonchev–Trinajstić information content (AvgIpc) is 2.71. The second kappa shape index (κ2) is 10.4. The quantitative estimate of drug-likeness (QED) is 0.298. The second-order valence-electron chi connectivity index (χ2n) is 6.52. The number of aryl methyl sites for hydroxylation is 1. The summed E-state index contributed by atoms with van der Waals surface area (Å²) in [6.45, 7) is 1.71. The van der Waals surface area contributed by atoms with Gasteiger partial charge in [0.25, 0.3) is 5.91 Å². The van der Waals surface area contributed by atoms with Crippen LogP contribution < -0.4 is 10.0 Å². The molecule has 0 fully saturated rings. The second-order valence-corrected chi connectivity index (χ2v) is 8.28. The molecule has 0 aromatic heterocycles. The molecule has 11 heteroatoms. The van der Waals surface area contributed by atoms with Crippen molar-refractivity contribution in [2.45, 2.75) is 30.8 Å². The standard InChI is InChI=1S/C19H21N5O5S/c1-13-2-8-17(9-3-13)30(28,29)22-11-14-4-6-15(7-5-14)19(27)23-16(10-18(25)26)12-21-24-20/h2-9,16,22H,10-12H2,1H3,(H,23,27)(H,25,26)/t16-/m0/s1. The highest BCUT2D eigenvalue weighted by atomic mass is 32.2. The van der Waals surface area contributed by atoms with Gasteiger partial charge in [-0.2, -0.15) is 0 Å². The summed E-state index contributed by atoms with van der Waals surface area (Å²) in [7, 11) is -3.66. The van der Waals surface area contributed by atoms with E-state index in [0.29, 0.717) is 5.56 Å². The molecule has 1 atom stereocenters. The van der Waals surface area contributed by atoms with Gasteiger partial charge in [0, 0.05) is 29.6 Å². The van der Waals surface area contributed by atoms with Crippen molar-refractivity contribution in [3.8, 4) is 0 Å². The van der Waals surface area contributed by atoms with Gasteiger partial charge in [-0.05, 0) is 42.3 Å². The molecule has 10 nitrogen and oxygen atoms in total. The van der Waals surface area contributed by atoms with Crippen LogP contribution in [0.25, 0.3) is 10.4 Å². The van der Waals surface area contributed by atoms with Crippen LogP contribution in [0.1, 0.15) is 27.9 Å². The summed E-state index contributed by atoms with van der Waals surface area (Å²) in [5.74, 6) is -1.66. The number of hydrogen-bond donors (Lipinski definition) is 3. The van der Waals surface area contributed by atoms with Crippen LogP contribution in [0.5, 0.6) is 0 Å². The van der Waals surface area contributed by atoms with E-state index in [2.05, 4.69) is 20.1 Å². The highest BCUT2D eigenvalue weighted by Gasteiger charge is 2.17. The van der Waals surface area contributed by atoms with Crippen LogP contribution in [-0.2, 0) is 21.4 Å². The van der Waals surface area contributed by atoms with Crippen LogP contribution in [0, 0.1) is 6.92 Å². The third-order valence-corrected chi connectivity index (χ3v) is 5.55. The van der Waals surface area contributed by atoms with E-state index in [1.54, 1.807) is 24.3 Å². The number of aliphatic carboxylic acids is 1. The molecule has 0 heterocycles. The van der Waals surface area contributed by atoms with Crippen molar-refractivity contribution in [1.82, 2.24) is 10.0 Å². The Labute approximate surface area is 173 Å². The topological polar surface area (TPSA) is 161 Å².